The zero-order valence-corrected chi connectivity index (χ0v) is 11.9. The predicted octanol–water partition coefficient (Wildman–Crippen LogP) is 3.49. The SMILES string of the molecule is Cc1cc(-c2ccncc2)nc2ccc3c(ncn3C)c12. The van der Waals surface area contributed by atoms with Crippen molar-refractivity contribution in [3.8, 4) is 11.3 Å². The van der Waals surface area contributed by atoms with Crippen LogP contribution in [0.5, 0.6) is 0 Å². The third kappa shape index (κ3) is 1.80. The van der Waals surface area contributed by atoms with Gasteiger partial charge in [0.2, 0.25) is 0 Å². The molecule has 0 aliphatic carbocycles. The van der Waals surface area contributed by atoms with Gasteiger partial charge in [-0.05, 0) is 42.8 Å². The van der Waals surface area contributed by atoms with Gasteiger partial charge in [0.1, 0.15) is 0 Å². The summed E-state index contributed by atoms with van der Waals surface area (Å²) in [6.45, 7) is 2.11. The number of rotatable bonds is 1. The highest BCUT2D eigenvalue weighted by atomic mass is 15.0. The second-order valence-corrected chi connectivity index (χ2v) is 5.24. The average molecular weight is 274 g/mol. The van der Waals surface area contributed by atoms with Crippen molar-refractivity contribution in [2.24, 2.45) is 7.05 Å². The van der Waals surface area contributed by atoms with Crippen molar-refractivity contribution < 1.29 is 0 Å². The number of nitrogens with zero attached hydrogens (tertiary/aromatic N) is 4. The molecule has 4 rings (SSSR count). The number of aryl methyl sites for hydroxylation is 2. The first-order valence-corrected chi connectivity index (χ1v) is 6.86. The molecule has 0 unspecified atom stereocenters. The van der Waals surface area contributed by atoms with Crippen LogP contribution in [0.3, 0.4) is 0 Å². The molecule has 0 radical (unpaired) electrons. The molecule has 0 fully saturated rings. The van der Waals surface area contributed by atoms with Crippen molar-refractivity contribution >= 4 is 21.9 Å². The molecule has 4 aromatic rings. The van der Waals surface area contributed by atoms with Gasteiger partial charge in [0, 0.05) is 30.4 Å². The lowest BCUT2D eigenvalue weighted by Gasteiger charge is -2.07. The second-order valence-electron chi connectivity index (χ2n) is 5.24. The molecule has 0 spiro atoms. The van der Waals surface area contributed by atoms with Crippen molar-refractivity contribution in [1.82, 2.24) is 19.5 Å². The van der Waals surface area contributed by atoms with E-state index in [-0.39, 0.29) is 0 Å². The number of imidazole rings is 1. The van der Waals surface area contributed by atoms with E-state index >= 15 is 0 Å². The quantitative estimate of drug-likeness (QED) is 0.533. The fourth-order valence-corrected chi connectivity index (χ4v) is 2.78. The molecule has 0 saturated heterocycles. The second kappa shape index (κ2) is 4.38. The van der Waals surface area contributed by atoms with Crippen LogP contribution in [0.15, 0.2) is 49.1 Å². The number of aromatic nitrogens is 4. The molecule has 0 saturated carbocycles. The number of pyridine rings is 2. The largest absolute Gasteiger partial charge is 0.334 e. The Morgan fingerprint density at radius 1 is 1.05 bits per heavy atom. The number of fused-ring (bicyclic) bond motifs is 3. The van der Waals surface area contributed by atoms with E-state index in [4.69, 9.17) is 4.98 Å². The molecule has 3 aromatic heterocycles. The highest BCUT2D eigenvalue weighted by Crippen LogP contribution is 2.29. The van der Waals surface area contributed by atoms with Crippen molar-refractivity contribution in [3.05, 3.63) is 54.6 Å². The fourth-order valence-electron chi connectivity index (χ4n) is 2.78. The number of hydrogen-bond donors (Lipinski definition) is 0. The maximum absolute atomic E-state index is 4.79. The van der Waals surface area contributed by atoms with Gasteiger partial charge in [0.15, 0.2) is 0 Å². The number of hydrogen-bond acceptors (Lipinski definition) is 3. The third-order valence-electron chi connectivity index (χ3n) is 3.84. The smallest absolute Gasteiger partial charge is 0.0981 e. The van der Waals surface area contributed by atoms with Crippen LogP contribution in [0.1, 0.15) is 5.56 Å². The van der Waals surface area contributed by atoms with E-state index in [0.29, 0.717) is 0 Å². The molecule has 102 valence electrons. The van der Waals surface area contributed by atoms with Crippen LogP contribution >= 0.6 is 0 Å². The molecule has 3 heterocycles. The zero-order chi connectivity index (χ0) is 14.4. The Kier molecular flexibility index (Phi) is 2.51. The van der Waals surface area contributed by atoms with E-state index in [1.165, 1.54) is 5.56 Å². The first-order valence-electron chi connectivity index (χ1n) is 6.86. The van der Waals surface area contributed by atoms with Gasteiger partial charge in [0.05, 0.1) is 28.6 Å². The van der Waals surface area contributed by atoms with Crippen molar-refractivity contribution in [2.75, 3.05) is 0 Å². The van der Waals surface area contributed by atoms with Gasteiger partial charge in [-0.2, -0.15) is 0 Å². The highest BCUT2D eigenvalue weighted by Gasteiger charge is 2.10. The molecular formula is C17H14N4. The standard InChI is InChI=1S/C17H14N4/c1-11-9-14(12-5-7-18-8-6-12)20-13-3-4-15-17(16(11)13)19-10-21(15)2/h3-10H,1-2H3. The Hall–Kier alpha value is -2.75. The highest BCUT2D eigenvalue weighted by molar-refractivity contribution is 6.05. The first-order chi connectivity index (χ1) is 10.2. The summed E-state index contributed by atoms with van der Waals surface area (Å²) in [5.41, 5.74) is 6.36. The molecule has 0 N–H and O–H groups in total. The van der Waals surface area contributed by atoms with Crippen LogP contribution in [0.25, 0.3) is 33.2 Å². The Morgan fingerprint density at radius 3 is 2.67 bits per heavy atom. The molecule has 21 heavy (non-hydrogen) atoms. The molecule has 0 aliphatic rings. The summed E-state index contributed by atoms with van der Waals surface area (Å²) < 4.78 is 2.03. The van der Waals surface area contributed by atoms with Crippen LogP contribution < -0.4 is 0 Å². The molecule has 0 amide bonds. The summed E-state index contributed by atoms with van der Waals surface area (Å²) >= 11 is 0. The van der Waals surface area contributed by atoms with E-state index in [2.05, 4.69) is 35.1 Å². The van der Waals surface area contributed by atoms with Gasteiger partial charge >= 0.3 is 0 Å². The van der Waals surface area contributed by atoms with Crippen LogP contribution in [0.4, 0.5) is 0 Å². The fraction of sp³-hybridized carbons (Fsp3) is 0.118. The van der Waals surface area contributed by atoms with Gasteiger partial charge in [-0.3, -0.25) is 4.98 Å². The lowest BCUT2D eigenvalue weighted by molar-refractivity contribution is 0.948. The van der Waals surface area contributed by atoms with Crippen molar-refractivity contribution in [3.63, 3.8) is 0 Å². The Labute approximate surface area is 122 Å². The van der Waals surface area contributed by atoms with Crippen LogP contribution in [0.2, 0.25) is 0 Å². The van der Waals surface area contributed by atoms with Crippen molar-refractivity contribution in [1.29, 1.82) is 0 Å². The van der Waals surface area contributed by atoms with E-state index in [9.17, 15) is 0 Å². The van der Waals surface area contributed by atoms with Crippen LogP contribution in [-0.4, -0.2) is 19.5 Å². The minimum Gasteiger partial charge on any atom is -0.334 e. The van der Waals surface area contributed by atoms with E-state index < -0.39 is 0 Å². The van der Waals surface area contributed by atoms with E-state index in [1.807, 2.05) is 30.1 Å². The Morgan fingerprint density at radius 2 is 1.86 bits per heavy atom. The molecular weight excluding hydrogens is 260 g/mol. The minimum absolute atomic E-state index is 0.970. The third-order valence-corrected chi connectivity index (χ3v) is 3.84. The summed E-state index contributed by atoms with van der Waals surface area (Å²) in [7, 11) is 2.01. The van der Waals surface area contributed by atoms with Crippen LogP contribution in [-0.2, 0) is 7.05 Å². The van der Waals surface area contributed by atoms with Gasteiger partial charge in [-0.15, -0.1) is 0 Å². The minimum atomic E-state index is 0.970. The summed E-state index contributed by atoms with van der Waals surface area (Å²) in [5.74, 6) is 0. The monoisotopic (exact) mass is 274 g/mol. The summed E-state index contributed by atoms with van der Waals surface area (Å²) in [4.78, 5) is 13.4. The maximum atomic E-state index is 4.79. The molecule has 1 aromatic carbocycles. The lowest BCUT2D eigenvalue weighted by Crippen LogP contribution is -1.91. The average Bonchev–Trinajstić information content (AvgIpc) is 2.89. The van der Waals surface area contributed by atoms with E-state index in [1.54, 1.807) is 12.4 Å². The van der Waals surface area contributed by atoms with Gasteiger partial charge in [-0.1, -0.05) is 0 Å². The number of benzene rings is 1. The van der Waals surface area contributed by atoms with Crippen molar-refractivity contribution in [2.45, 2.75) is 6.92 Å². The summed E-state index contributed by atoms with van der Waals surface area (Å²) in [5, 5.41) is 1.13. The van der Waals surface area contributed by atoms with E-state index in [0.717, 1.165) is 33.2 Å². The molecule has 0 bridgehead atoms. The molecule has 0 aliphatic heterocycles. The normalized spacial score (nSPS) is 11.3. The predicted molar refractivity (Wildman–Crippen MR) is 84.0 cm³/mol. The Bertz CT molecular complexity index is 955. The summed E-state index contributed by atoms with van der Waals surface area (Å²) in [6, 6.07) is 10.2. The Balaban J connectivity index is 2.06. The molecule has 4 heteroatoms. The van der Waals surface area contributed by atoms with Gasteiger partial charge in [-0.25, -0.2) is 9.97 Å². The maximum Gasteiger partial charge on any atom is 0.0981 e. The topological polar surface area (TPSA) is 43.6 Å². The van der Waals surface area contributed by atoms with Gasteiger partial charge < -0.3 is 4.57 Å². The zero-order valence-electron chi connectivity index (χ0n) is 11.9. The first kappa shape index (κ1) is 12.0. The lowest BCUT2D eigenvalue weighted by atomic mass is 10.0. The van der Waals surface area contributed by atoms with Crippen LogP contribution in [0, 0.1) is 6.92 Å². The molecule has 0 atom stereocenters. The van der Waals surface area contributed by atoms with Gasteiger partial charge in [0.25, 0.3) is 0 Å². The summed E-state index contributed by atoms with van der Waals surface area (Å²) in [6.07, 6.45) is 5.43. The molecule has 4 nitrogen and oxygen atoms in total.